The van der Waals surface area contributed by atoms with E-state index in [2.05, 4.69) is 9.97 Å². The minimum atomic E-state index is -4.49. The number of pyridine rings is 2. The molecule has 1 saturated carbocycles. The smallest absolute Gasteiger partial charge is 0.417 e. The number of piperidine rings is 2. The van der Waals surface area contributed by atoms with E-state index in [-0.39, 0.29) is 17.7 Å². The molecule has 3 fully saturated rings. The van der Waals surface area contributed by atoms with E-state index in [4.69, 9.17) is 4.74 Å². The fraction of sp³-hybridized carbons (Fsp3) is 0.370. The van der Waals surface area contributed by atoms with Crippen molar-refractivity contribution in [1.82, 2.24) is 14.9 Å². The molecule has 4 atom stereocenters. The quantitative estimate of drug-likeness (QED) is 0.412. The van der Waals surface area contributed by atoms with Crippen LogP contribution in [0.25, 0.3) is 11.3 Å². The predicted octanol–water partition coefficient (Wildman–Crippen LogP) is 5.88. The van der Waals surface area contributed by atoms with Crippen LogP contribution in [-0.4, -0.2) is 45.6 Å². The summed E-state index contributed by atoms with van der Waals surface area (Å²) in [5.74, 6) is -0.369. The molecule has 0 radical (unpaired) electrons. The molecule has 3 aliphatic rings. The van der Waals surface area contributed by atoms with E-state index in [1.54, 1.807) is 29.3 Å². The summed E-state index contributed by atoms with van der Waals surface area (Å²) in [5, 5.41) is 0. The van der Waals surface area contributed by atoms with Crippen LogP contribution >= 0.6 is 0 Å². The number of fused-ring (bicyclic) bond motifs is 3. The van der Waals surface area contributed by atoms with Gasteiger partial charge >= 0.3 is 6.18 Å². The van der Waals surface area contributed by atoms with Gasteiger partial charge in [-0.2, -0.15) is 13.2 Å². The number of rotatable bonds is 5. The van der Waals surface area contributed by atoms with Gasteiger partial charge in [0.25, 0.3) is 5.91 Å². The summed E-state index contributed by atoms with van der Waals surface area (Å²) in [6, 6.07) is 12.0. The van der Waals surface area contributed by atoms with Crippen molar-refractivity contribution in [2.75, 3.05) is 6.67 Å². The molecule has 36 heavy (non-hydrogen) atoms. The molecule has 2 bridgehead atoms. The van der Waals surface area contributed by atoms with Crippen LogP contribution in [-0.2, 0) is 6.18 Å². The maximum Gasteiger partial charge on any atom is 0.417 e. The third-order valence-electron chi connectivity index (χ3n) is 7.21. The Bertz CT molecular complexity index is 1230. The topological polar surface area (TPSA) is 55.3 Å². The van der Waals surface area contributed by atoms with Crippen LogP contribution < -0.4 is 4.74 Å². The zero-order valence-electron chi connectivity index (χ0n) is 19.6. The second-order valence-electron chi connectivity index (χ2n) is 9.33. The third-order valence-corrected chi connectivity index (χ3v) is 7.21. The lowest BCUT2D eigenvalue weighted by Gasteiger charge is -2.53. The van der Waals surface area contributed by atoms with Crippen LogP contribution in [0.15, 0.2) is 60.9 Å². The third kappa shape index (κ3) is 4.42. The summed E-state index contributed by atoms with van der Waals surface area (Å²) in [6.07, 6.45) is -0.728. The lowest BCUT2D eigenvalue weighted by atomic mass is 9.72. The molecule has 1 aliphatic carbocycles. The van der Waals surface area contributed by atoms with Crippen LogP contribution in [0, 0.1) is 12.8 Å². The molecule has 2 aromatic heterocycles. The SMILES string of the molecule is Cc1cccc(C(=O)N2C(CF)C3CCC2C(Oc2ccc(C(F)(F)F)cn2)C3)c1-c1ccccn1. The molecule has 3 aromatic rings. The Hall–Kier alpha value is -3.49. The summed E-state index contributed by atoms with van der Waals surface area (Å²) in [7, 11) is 0. The average molecular weight is 500 g/mol. The van der Waals surface area contributed by atoms with Gasteiger partial charge in [0.1, 0.15) is 12.8 Å². The molecule has 9 heteroatoms. The molecule has 4 unspecified atom stereocenters. The molecule has 1 amide bonds. The predicted molar refractivity (Wildman–Crippen MR) is 125 cm³/mol. The van der Waals surface area contributed by atoms with Gasteiger partial charge in [0, 0.05) is 29.6 Å². The molecular weight excluding hydrogens is 474 g/mol. The maximum atomic E-state index is 14.3. The molecule has 0 spiro atoms. The van der Waals surface area contributed by atoms with Crippen LogP contribution in [0.2, 0.25) is 0 Å². The lowest BCUT2D eigenvalue weighted by molar-refractivity contribution is -0.137. The molecule has 0 N–H and O–H groups in total. The van der Waals surface area contributed by atoms with Gasteiger partial charge in [-0.15, -0.1) is 0 Å². The number of carbonyl (C=O) groups is 1. The van der Waals surface area contributed by atoms with Crippen molar-refractivity contribution in [3.8, 4) is 17.1 Å². The Morgan fingerprint density at radius 2 is 1.92 bits per heavy atom. The highest BCUT2D eigenvalue weighted by atomic mass is 19.4. The molecule has 4 heterocycles. The van der Waals surface area contributed by atoms with E-state index in [0.717, 1.165) is 24.2 Å². The monoisotopic (exact) mass is 499 g/mol. The first kappa shape index (κ1) is 24.2. The number of hydrogen-bond donors (Lipinski definition) is 0. The van der Waals surface area contributed by atoms with Gasteiger partial charge in [-0.3, -0.25) is 9.78 Å². The molecule has 6 rings (SSSR count). The van der Waals surface area contributed by atoms with Crippen LogP contribution in [0.4, 0.5) is 17.6 Å². The Labute approximate surface area is 206 Å². The van der Waals surface area contributed by atoms with E-state index in [9.17, 15) is 22.4 Å². The second kappa shape index (κ2) is 9.52. The maximum absolute atomic E-state index is 14.3. The number of aryl methyl sites for hydroxylation is 1. The number of carbonyl (C=O) groups excluding carboxylic acids is 1. The Kier molecular flexibility index (Phi) is 6.40. The minimum Gasteiger partial charge on any atom is -0.472 e. The number of alkyl halides is 4. The van der Waals surface area contributed by atoms with E-state index >= 15 is 0 Å². The summed E-state index contributed by atoms with van der Waals surface area (Å²) >= 11 is 0. The Morgan fingerprint density at radius 1 is 1.08 bits per heavy atom. The van der Waals surface area contributed by atoms with Crippen molar-refractivity contribution in [1.29, 1.82) is 0 Å². The highest BCUT2D eigenvalue weighted by molar-refractivity contribution is 6.01. The van der Waals surface area contributed by atoms with Gasteiger partial charge in [-0.1, -0.05) is 18.2 Å². The molecule has 188 valence electrons. The molecular formula is C27H25F4N3O2. The Morgan fingerprint density at radius 3 is 2.58 bits per heavy atom. The highest BCUT2D eigenvalue weighted by Gasteiger charge is 2.50. The summed E-state index contributed by atoms with van der Waals surface area (Å²) in [5.41, 5.74) is 1.80. The van der Waals surface area contributed by atoms with Crippen molar-refractivity contribution in [2.24, 2.45) is 5.92 Å². The zero-order valence-corrected chi connectivity index (χ0v) is 19.6. The zero-order chi connectivity index (χ0) is 25.4. The summed E-state index contributed by atoms with van der Waals surface area (Å²) < 4.78 is 59.0. The van der Waals surface area contributed by atoms with E-state index in [1.165, 1.54) is 6.07 Å². The largest absolute Gasteiger partial charge is 0.472 e. The number of benzene rings is 1. The van der Waals surface area contributed by atoms with Crippen molar-refractivity contribution >= 4 is 5.91 Å². The normalized spacial score (nSPS) is 23.5. The van der Waals surface area contributed by atoms with Gasteiger partial charge in [0.05, 0.1) is 23.3 Å². The molecule has 2 aliphatic heterocycles. The van der Waals surface area contributed by atoms with Gasteiger partial charge in [-0.25, -0.2) is 9.37 Å². The summed E-state index contributed by atoms with van der Waals surface area (Å²) in [4.78, 5) is 23.8. The van der Waals surface area contributed by atoms with Crippen LogP contribution in [0.5, 0.6) is 5.88 Å². The standard InChI is InChI=1S/C27H25F4N3O2/c1-16-5-4-6-19(25(16)20-7-2-3-12-32-20)26(35)34-21-10-8-17(22(34)14-28)13-23(21)36-24-11-9-18(15-33-24)27(29,30)31/h2-7,9,11-12,15,17,21-23H,8,10,13-14H2,1H3. The van der Waals surface area contributed by atoms with Crippen molar-refractivity contribution in [3.63, 3.8) is 0 Å². The number of aromatic nitrogens is 2. The fourth-order valence-electron chi connectivity index (χ4n) is 5.52. The number of halogens is 4. The van der Waals surface area contributed by atoms with Crippen LogP contribution in [0.1, 0.15) is 40.7 Å². The molecule has 1 aromatic carbocycles. The number of ether oxygens (including phenoxy) is 1. The van der Waals surface area contributed by atoms with E-state index in [0.29, 0.717) is 29.7 Å². The first-order valence-electron chi connectivity index (χ1n) is 11.9. The van der Waals surface area contributed by atoms with Crippen molar-refractivity contribution in [2.45, 2.75) is 50.6 Å². The second-order valence-corrected chi connectivity index (χ2v) is 9.33. The Balaban J connectivity index is 1.46. The molecule has 2 saturated heterocycles. The van der Waals surface area contributed by atoms with Gasteiger partial charge in [0.15, 0.2) is 0 Å². The summed E-state index contributed by atoms with van der Waals surface area (Å²) in [6.45, 7) is 1.22. The average Bonchev–Trinajstić information content (AvgIpc) is 2.88. The van der Waals surface area contributed by atoms with Crippen molar-refractivity contribution < 1.29 is 27.1 Å². The van der Waals surface area contributed by atoms with Gasteiger partial charge in [0.2, 0.25) is 5.88 Å². The molecule has 5 nitrogen and oxygen atoms in total. The fourth-order valence-corrected chi connectivity index (χ4v) is 5.52. The minimum absolute atomic E-state index is 0.0504. The first-order chi connectivity index (χ1) is 17.3. The van der Waals surface area contributed by atoms with E-state index in [1.807, 2.05) is 25.1 Å². The van der Waals surface area contributed by atoms with Crippen molar-refractivity contribution in [3.05, 3.63) is 77.6 Å². The highest BCUT2D eigenvalue weighted by Crippen LogP contribution is 2.43. The number of nitrogens with zero attached hydrogens (tertiary/aromatic N) is 3. The van der Waals surface area contributed by atoms with Gasteiger partial charge in [-0.05, 0) is 61.9 Å². The lowest BCUT2D eigenvalue weighted by Crippen LogP contribution is -2.65. The van der Waals surface area contributed by atoms with Gasteiger partial charge < -0.3 is 9.64 Å². The van der Waals surface area contributed by atoms with E-state index < -0.39 is 36.6 Å². The number of amides is 1. The van der Waals surface area contributed by atoms with Crippen LogP contribution in [0.3, 0.4) is 0 Å². The first-order valence-corrected chi connectivity index (χ1v) is 11.9. The number of hydrogen-bond acceptors (Lipinski definition) is 4.